The van der Waals surface area contributed by atoms with Gasteiger partial charge in [-0.2, -0.15) is 0 Å². The van der Waals surface area contributed by atoms with E-state index in [1.54, 1.807) is 30.3 Å². The van der Waals surface area contributed by atoms with Gasteiger partial charge in [0.15, 0.2) is 0 Å². The summed E-state index contributed by atoms with van der Waals surface area (Å²) >= 11 is 0. The van der Waals surface area contributed by atoms with Crippen LogP contribution in [0.3, 0.4) is 0 Å². The summed E-state index contributed by atoms with van der Waals surface area (Å²) in [4.78, 5) is 23.2. The highest BCUT2D eigenvalue weighted by atomic mass is 19.1. The van der Waals surface area contributed by atoms with Crippen LogP contribution in [-0.4, -0.2) is 23.0 Å². The van der Waals surface area contributed by atoms with Gasteiger partial charge in [0, 0.05) is 18.6 Å². The molecule has 0 aliphatic rings. The van der Waals surface area contributed by atoms with Gasteiger partial charge in [-0.3, -0.25) is 4.79 Å². The molecule has 120 valence electrons. The first kappa shape index (κ1) is 16.5. The first-order valence-electron chi connectivity index (χ1n) is 6.60. The number of rotatable bonds is 5. The standard InChI is InChI=1S/C16H12F3NO3/c17-10-7-11(18)14(12(19)8-10)15(21)20-13(16(22)23)6-9-4-2-1-3-5-9/h1-5,7-8,13H,6H2,(H,20,21)(H,22,23)/t13-/m1/s1. The van der Waals surface area contributed by atoms with E-state index in [2.05, 4.69) is 0 Å². The number of carboxylic acid groups (broad SMARTS) is 1. The predicted molar refractivity (Wildman–Crippen MR) is 75.4 cm³/mol. The van der Waals surface area contributed by atoms with Crippen molar-refractivity contribution in [2.24, 2.45) is 0 Å². The maximum absolute atomic E-state index is 13.6. The predicted octanol–water partition coefficient (Wildman–Crippen LogP) is 2.53. The third-order valence-electron chi connectivity index (χ3n) is 3.12. The van der Waals surface area contributed by atoms with Crippen molar-refractivity contribution in [2.75, 3.05) is 0 Å². The summed E-state index contributed by atoms with van der Waals surface area (Å²) in [6.07, 6.45) is -0.0631. The van der Waals surface area contributed by atoms with Gasteiger partial charge in [0.25, 0.3) is 5.91 Å². The molecular weight excluding hydrogens is 311 g/mol. The third kappa shape index (κ3) is 4.09. The van der Waals surface area contributed by atoms with Crippen molar-refractivity contribution in [1.82, 2.24) is 5.32 Å². The molecule has 0 aliphatic carbocycles. The lowest BCUT2D eigenvalue weighted by Gasteiger charge is -2.15. The summed E-state index contributed by atoms with van der Waals surface area (Å²) in [6, 6.07) is 7.75. The summed E-state index contributed by atoms with van der Waals surface area (Å²) in [7, 11) is 0. The van der Waals surface area contributed by atoms with E-state index in [0.717, 1.165) is 0 Å². The Morgan fingerprint density at radius 2 is 1.61 bits per heavy atom. The van der Waals surface area contributed by atoms with Crippen LogP contribution in [0.15, 0.2) is 42.5 Å². The Morgan fingerprint density at radius 1 is 1.04 bits per heavy atom. The van der Waals surface area contributed by atoms with Crippen molar-refractivity contribution in [1.29, 1.82) is 0 Å². The monoisotopic (exact) mass is 323 g/mol. The van der Waals surface area contributed by atoms with Gasteiger partial charge < -0.3 is 10.4 Å². The number of carbonyl (C=O) groups excluding carboxylic acids is 1. The molecule has 1 amide bonds. The molecular formula is C16H12F3NO3. The molecule has 0 saturated carbocycles. The number of hydrogen-bond donors (Lipinski definition) is 2. The second kappa shape index (κ2) is 6.95. The van der Waals surface area contributed by atoms with Gasteiger partial charge in [0.2, 0.25) is 0 Å². The Hall–Kier alpha value is -2.83. The average molecular weight is 323 g/mol. The van der Waals surface area contributed by atoms with Crippen molar-refractivity contribution < 1.29 is 27.9 Å². The van der Waals surface area contributed by atoms with Crippen molar-refractivity contribution in [3.8, 4) is 0 Å². The SMILES string of the molecule is O=C(N[C@H](Cc1ccccc1)C(=O)O)c1c(F)cc(F)cc1F. The van der Waals surface area contributed by atoms with Crippen LogP contribution in [0.25, 0.3) is 0 Å². The van der Waals surface area contributed by atoms with E-state index in [-0.39, 0.29) is 6.42 Å². The summed E-state index contributed by atoms with van der Waals surface area (Å²) in [5, 5.41) is 11.2. The number of amides is 1. The number of halogens is 3. The molecule has 0 bridgehead atoms. The number of nitrogens with one attached hydrogen (secondary N) is 1. The first-order chi connectivity index (χ1) is 10.9. The Morgan fingerprint density at radius 3 is 2.13 bits per heavy atom. The van der Waals surface area contributed by atoms with Crippen molar-refractivity contribution in [3.05, 3.63) is 71.0 Å². The molecule has 2 N–H and O–H groups in total. The van der Waals surface area contributed by atoms with Crippen LogP contribution in [0.2, 0.25) is 0 Å². The Balaban J connectivity index is 2.21. The van der Waals surface area contributed by atoms with Gasteiger partial charge in [-0.25, -0.2) is 18.0 Å². The van der Waals surface area contributed by atoms with Crippen LogP contribution in [0.4, 0.5) is 13.2 Å². The molecule has 2 aromatic carbocycles. The second-order valence-corrected chi connectivity index (χ2v) is 4.80. The molecule has 0 aromatic heterocycles. The Kier molecular flexibility index (Phi) is 5.00. The van der Waals surface area contributed by atoms with Gasteiger partial charge in [-0.05, 0) is 5.56 Å². The minimum Gasteiger partial charge on any atom is -0.480 e. The lowest BCUT2D eigenvalue weighted by atomic mass is 10.1. The largest absolute Gasteiger partial charge is 0.480 e. The maximum atomic E-state index is 13.6. The van der Waals surface area contributed by atoms with Gasteiger partial charge >= 0.3 is 5.97 Å². The smallest absolute Gasteiger partial charge is 0.326 e. The summed E-state index contributed by atoms with van der Waals surface area (Å²) < 4.78 is 39.9. The van der Waals surface area contributed by atoms with Gasteiger partial charge in [0.05, 0.1) is 0 Å². The first-order valence-corrected chi connectivity index (χ1v) is 6.60. The molecule has 0 saturated heterocycles. The van der Waals surface area contributed by atoms with Crippen LogP contribution >= 0.6 is 0 Å². The lowest BCUT2D eigenvalue weighted by Crippen LogP contribution is -2.43. The zero-order chi connectivity index (χ0) is 17.0. The van der Waals surface area contributed by atoms with Crippen LogP contribution in [0, 0.1) is 17.5 Å². The number of carbonyl (C=O) groups is 2. The normalized spacial score (nSPS) is 11.8. The molecule has 0 spiro atoms. The minimum atomic E-state index is -1.40. The van der Waals surface area contributed by atoms with Gasteiger partial charge in [-0.1, -0.05) is 30.3 Å². The molecule has 0 aliphatic heterocycles. The fourth-order valence-electron chi connectivity index (χ4n) is 2.04. The Labute approximate surface area is 129 Å². The van der Waals surface area contributed by atoms with E-state index in [1.807, 2.05) is 5.32 Å². The van der Waals surface area contributed by atoms with E-state index in [0.29, 0.717) is 17.7 Å². The van der Waals surface area contributed by atoms with Gasteiger partial charge in [0.1, 0.15) is 29.1 Å². The number of benzene rings is 2. The molecule has 23 heavy (non-hydrogen) atoms. The fourth-order valence-corrected chi connectivity index (χ4v) is 2.04. The summed E-state index contributed by atoms with van der Waals surface area (Å²) in [6.45, 7) is 0. The summed E-state index contributed by atoms with van der Waals surface area (Å²) in [5.74, 6) is -6.59. The maximum Gasteiger partial charge on any atom is 0.326 e. The van der Waals surface area contributed by atoms with Gasteiger partial charge in [-0.15, -0.1) is 0 Å². The number of aliphatic carboxylic acids is 1. The zero-order valence-electron chi connectivity index (χ0n) is 11.7. The molecule has 0 heterocycles. The molecule has 4 nitrogen and oxygen atoms in total. The van der Waals surface area contributed by atoms with Crippen LogP contribution < -0.4 is 5.32 Å². The van der Waals surface area contributed by atoms with Crippen LogP contribution in [-0.2, 0) is 11.2 Å². The number of carboxylic acids is 1. The summed E-state index contributed by atoms with van der Waals surface area (Å²) in [5.41, 5.74) is -0.397. The van der Waals surface area contributed by atoms with E-state index in [1.165, 1.54) is 0 Å². The molecule has 1 atom stereocenters. The highest BCUT2D eigenvalue weighted by Crippen LogP contribution is 2.15. The number of hydrogen-bond acceptors (Lipinski definition) is 2. The van der Waals surface area contributed by atoms with Crippen molar-refractivity contribution >= 4 is 11.9 Å². The molecule has 2 rings (SSSR count). The minimum absolute atomic E-state index is 0.0631. The molecule has 7 heteroatoms. The lowest BCUT2D eigenvalue weighted by molar-refractivity contribution is -0.139. The third-order valence-corrected chi connectivity index (χ3v) is 3.12. The van der Waals surface area contributed by atoms with E-state index >= 15 is 0 Å². The topological polar surface area (TPSA) is 66.4 Å². The van der Waals surface area contributed by atoms with E-state index in [4.69, 9.17) is 5.11 Å². The zero-order valence-corrected chi connectivity index (χ0v) is 11.7. The molecule has 0 unspecified atom stereocenters. The van der Waals surface area contributed by atoms with E-state index in [9.17, 15) is 22.8 Å². The quantitative estimate of drug-likeness (QED) is 0.888. The van der Waals surface area contributed by atoms with Crippen LogP contribution in [0.1, 0.15) is 15.9 Å². The molecule has 0 radical (unpaired) electrons. The fraction of sp³-hybridized carbons (Fsp3) is 0.125. The highest BCUT2D eigenvalue weighted by Gasteiger charge is 2.25. The molecule has 2 aromatic rings. The average Bonchev–Trinajstić information content (AvgIpc) is 2.46. The second-order valence-electron chi connectivity index (χ2n) is 4.80. The van der Waals surface area contributed by atoms with E-state index < -0.39 is 40.9 Å². The molecule has 0 fully saturated rings. The highest BCUT2D eigenvalue weighted by molar-refractivity contribution is 5.97. The van der Waals surface area contributed by atoms with Crippen molar-refractivity contribution in [3.63, 3.8) is 0 Å². The van der Waals surface area contributed by atoms with Crippen LogP contribution in [0.5, 0.6) is 0 Å². The van der Waals surface area contributed by atoms with Crippen molar-refractivity contribution in [2.45, 2.75) is 12.5 Å². The Bertz CT molecular complexity index is 712.